The zero-order valence-electron chi connectivity index (χ0n) is 14.8. The summed E-state index contributed by atoms with van der Waals surface area (Å²) in [7, 11) is -3.38. The maximum absolute atomic E-state index is 12.8. The summed E-state index contributed by atoms with van der Waals surface area (Å²) in [5, 5.41) is -1.61. The van der Waals surface area contributed by atoms with Crippen LogP contribution in [-0.4, -0.2) is 42.5 Å². The number of aryl methyl sites for hydroxylation is 1. The van der Waals surface area contributed by atoms with E-state index in [2.05, 4.69) is 19.4 Å². The van der Waals surface area contributed by atoms with Gasteiger partial charge in [0.05, 0.1) is 24.6 Å². The molecule has 0 bridgehead atoms. The third-order valence-corrected chi connectivity index (χ3v) is 4.75. The summed E-state index contributed by atoms with van der Waals surface area (Å²) < 4.78 is 61.0. The molecule has 156 valence electrons. The molecule has 2 amide bonds. The number of halogens is 3. The van der Waals surface area contributed by atoms with Gasteiger partial charge in [-0.05, 0) is 19.1 Å². The van der Waals surface area contributed by atoms with Crippen molar-refractivity contribution in [2.45, 2.75) is 16.8 Å². The second-order valence-corrected chi connectivity index (χ2v) is 7.81. The van der Waals surface area contributed by atoms with Gasteiger partial charge in [0.2, 0.25) is 5.95 Å². The first-order valence-corrected chi connectivity index (χ1v) is 9.81. The fourth-order valence-electron chi connectivity index (χ4n) is 2.02. The minimum atomic E-state index is -4.46. The van der Waals surface area contributed by atoms with Crippen LogP contribution in [0.15, 0.2) is 35.4 Å². The lowest BCUT2D eigenvalue weighted by molar-refractivity contribution is -0.0811. The van der Waals surface area contributed by atoms with Crippen LogP contribution in [0.3, 0.4) is 0 Å². The van der Waals surface area contributed by atoms with Crippen LogP contribution in [0.25, 0.3) is 0 Å². The molecule has 1 aromatic heterocycles. The van der Waals surface area contributed by atoms with Crippen molar-refractivity contribution >= 4 is 43.9 Å². The van der Waals surface area contributed by atoms with E-state index in [1.807, 2.05) is 21.2 Å². The van der Waals surface area contributed by atoms with E-state index in [-0.39, 0.29) is 23.0 Å². The molecule has 29 heavy (non-hydrogen) atoms. The zero-order chi connectivity index (χ0) is 21.8. The Morgan fingerprint density at radius 2 is 1.90 bits per heavy atom. The molecule has 14 heteroatoms. The van der Waals surface area contributed by atoms with Crippen molar-refractivity contribution in [3.63, 3.8) is 0 Å². The van der Waals surface area contributed by atoms with E-state index < -0.39 is 31.9 Å². The molecule has 0 spiro atoms. The molecule has 0 saturated carbocycles. The van der Waals surface area contributed by atoms with E-state index in [1.165, 1.54) is 25.1 Å². The largest absolute Gasteiger partial charge is 0.465 e. The summed E-state index contributed by atoms with van der Waals surface area (Å²) in [6.45, 7) is 1.31. The Bertz CT molecular complexity index is 1050. The number of benzene rings is 1. The van der Waals surface area contributed by atoms with Crippen LogP contribution in [0, 0.1) is 6.92 Å². The van der Waals surface area contributed by atoms with Crippen LogP contribution in [0.1, 0.15) is 16.1 Å². The number of ether oxygens (including phenoxy) is 2. The number of aromatic nitrogens is 2. The fourth-order valence-corrected chi connectivity index (χ4v) is 3.30. The minimum Gasteiger partial charge on any atom is -0.465 e. The van der Waals surface area contributed by atoms with Crippen molar-refractivity contribution < 1.29 is 36.3 Å². The number of nitrogens with one attached hydrogen (secondary N) is 2. The highest BCUT2D eigenvalue weighted by Gasteiger charge is 2.28. The summed E-state index contributed by atoms with van der Waals surface area (Å²) in [5.41, 5.74) is -0.326. The molecular formula is C15H13BrF2N4O6S. The van der Waals surface area contributed by atoms with E-state index in [0.717, 1.165) is 19.4 Å². The number of urea groups is 1. The van der Waals surface area contributed by atoms with Gasteiger partial charge < -0.3 is 9.47 Å². The highest BCUT2D eigenvalue weighted by atomic mass is 79.9. The SMILES string of the molecule is COC(=O)c1ccccc1S(=O)(=O)NC(=O)Nc1ncc(OC(F)(F)Br)c(C)n1. The first-order valence-electron chi connectivity index (χ1n) is 7.53. The monoisotopic (exact) mass is 494 g/mol. The van der Waals surface area contributed by atoms with Gasteiger partial charge in [0.1, 0.15) is 4.90 Å². The predicted molar refractivity (Wildman–Crippen MR) is 98.4 cm³/mol. The maximum Gasteiger partial charge on any atom is 0.459 e. The van der Waals surface area contributed by atoms with E-state index in [9.17, 15) is 26.8 Å². The van der Waals surface area contributed by atoms with E-state index in [0.29, 0.717) is 0 Å². The smallest absolute Gasteiger partial charge is 0.459 e. The van der Waals surface area contributed by atoms with Gasteiger partial charge >= 0.3 is 17.0 Å². The number of amides is 2. The highest BCUT2D eigenvalue weighted by molar-refractivity contribution is 9.09. The number of methoxy groups -OCH3 is 1. The summed E-state index contributed by atoms with van der Waals surface area (Å²) in [5.74, 6) is -1.65. The fraction of sp³-hybridized carbons (Fsp3) is 0.200. The number of carbonyl (C=O) groups excluding carboxylic acids is 2. The Hall–Kier alpha value is -2.87. The van der Waals surface area contributed by atoms with Gasteiger partial charge in [0.15, 0.2) is 5.75 Å². The van der Waals surface area contributed by atoms with E-state index >= 15 is 0 Å². The lowest BCUT2D eigenvalue weighted by Crippen LogP contribution is -2.35. The number of anilines is 1. The molecule has 0 fully saturated rings. The van der Waals surface area contributed by atoms with Crippen molar-refractivity contribution in [2.24, 2.45) is 0 Å². The van der Waals surface area contributed by atoms with Crippen LogP contribution < -0.4 is 14.8 Å². The van der Waals surface area contributed by atoms with Crippen LogP contribution in [-0.2, 0) is 14.8 Å². The third kappa shape index (κ3) is 6.05. The van der Waals surface area contributed by atoms with Gasteiger partial charge in [0, 0.05) is 15.9 Å². The Labute approximate surface area is 171 Å². The minimum absolute atomic E-state index is 0.0479. The quantitative estimate of drug-likeness (QED) is 0.461. The molecule has 0 aliphatic carbocycles. The number of nitrogens with zero attached hydrogens (tertiary/aromatic N) is 2. The number of rotatable bonds is 6. The molecule has 2 rings (SSSR count). The van der Waals surface area contributed by atoms with Gasteiger partial charge in [-0.1, -0.05) is 12.1 Å². The molecular weight excluding hydrogens is 482 g/mol. The van der Waals surface area contributed by atoms with Gasteiger partial charge in [-0.25, -0.2) is 32.7 Å². The molecule has 2 N–H and O–H groups in total. The molecule has 0 atom stereocenters. The first-order chi connectivity index (χ1) is 13.4. The summed E-state index contributed by atoms with van der Waals surface area (Å²) in [6.07, 6.45) is 0.869. The molecule has 2 aromatic rings. The predicted octanol–water partition coefficient (Wildman–Crippen LogP) is 2.41. The molecule has 0 radical (unpaired) electrons. The first kappa shape index (κ1) is 22.4. The van der Waals surface area contributed by atoms with Crippen molar-refractivity contribution in [1.82, 2.24) is 14.7 Å². The zero-order valence-corrected chi connectivity index (χ0v) is 17.2. The van der Waals surface area contributed by atoms with Gasteiger partial charge in [-0.15, -0.1) is 0 Å². The Morgan fingerprint density at radius 3 is 2.48 bits per heavy atom. The molecule has 1 heterocycles. The molecule has 0 saturated heterocycles. The van der Waals surface area contributed by atoms with E-state index in [1.54, 1.807) is 4.72 Å². The lowest BCUT2D eigenvalue weighted by atomic mass is 10.2. The Kier molecular flexibility index (Phi) is 6.69. The summed E-state index contributed by atoms with van der Waals surface area (Å²) in [4.78, 5) is 30.6. The van der Waals surface area contributed by atoms with Crippen LogP contribution >= 0.6 is 15.9 Å². The second kappa shape index (κ2) is 8.65. The van der Waals surface area contributed by atoms with Crippen LogP contribution in [0.5, 0.6) is 5.75 Å². The van der Waals surface area contributed by atoms with Gasteiger partial charge in [-0.2, -0.15) is 8.78 Å². The molecule has 0 aliphatic heterocycles. The second-order valence-electron chi connectivity index (χ2n) is 5.24. The molecule has 10 nitrogen and oxygen atoms in total. The average Bonchev–Trinajstić information content (AvgIpc) is 2.62. The topological polar surface area (TPSA) is 137 Å². The maximum atomic E-state index is 12.8. The number of carbonyl (C=O) groups is 2. The number of hydrogen-bond donors (Lipinski definition) is 2. The lowest BCUT2D eigenvalue weighted by Gasteiger charge is -2.13. The normalized spacial score (nSPS) is 11.5. The number of esters is 1. The Balaban J connectivity index is 2.17. The Morgan fingerprint density at radius 1 is 1.24 bits per heavy atom. The van der Waals surface area contributed by atoms with Crippen LogP contribution in [0.2, 0.25) is 0 Å². The summed E-state index contributed by atoms with van der Waals surface area (Å²) in [6, 6.07) is 3.84. The van der Waals surface area contributed by atoms with E-state index in [4.69, 9.17) is 0 Å². The molecule has 0 unspecified atom stereocenters. The highest BCUT2D eigenvalue weighted by Crippen LogP contribution is 2.28. The number of alkyl halides is 3. The molecule has 1 aromatic carbocycles. The number of sulfonamides is 1. The summed E-state index contributed by atoms with van der Waals surface area (Å²) >= 11 is 1.99. The third-order valence-electron chi connectivity index (χ3n) is 3.19. The van der Waals surface area contributed by atoms with Crippen molar-refractivity contribution in [3.05, 3.63) is 41.7 Å². The standard InChI is InChI=1S/C15H13BrF2N4O6S/c1-8-10(28-15(16,17)18)7-19-13(20-8)21-14(24)22-29(25,26)11-6-4-3-5-9(11)12(23)27-2/h3-7H,1-2H3,(H2,19,20,21,22,24). The number of hydrogen-bond acceptors (Lipinski definition) is 8. The van der Waals surface area contributed by atoms with Gasteiger partial charge in [-0.3, -0.25) is 5.32 Å². The average molecular weight is 495 g/mol. The van der Waals surface area contributed by atoms with Gasteiger partial charge in [0.25, 0.3) is 10.0 Å². The van der Waals surface area contributed by atoms with Crippen LogP contribution in [0.4, 0.5) is 19.5 Å². The van der Waals surface area contributed by atoms with Crippen molar-refractivity contribution in [3.8, 4) is 5.75 Å². The van der Waals surface area contributed by atoms with Crippen molar-refractivity contribution in [2.75, 3.05) is 12.4 Å². The molecule has 0 aliphatic rings. The van der Waals surface area contributed by atoms with Crippen molar-refractivity contribution in [1.29, 1.82) is 0 Å².